The van der Waals surface area contributed by atoms with E-state index in [1.54, 1.807) is 18.2 Å². The molecule has 26 heavy (non-hydrogen) atoms. The Labute approximate surface area is 161 Å². The van der Waals surface area contributed by atoms with E-state index < -0.39 is 11.7 Å². The van der Waals surface area contributed by atoms with Gasteiger partial charge in [-0.15, -0.1) is 0 Å². The van der Waals surface area contributed by atoms with E-state index in [-0.39, 0.29) is 17.2 Å². The normalized spacial score (nSPS) is 21.1. The van der Waals surface area contributed by atoms with Crippen molar-refractivity contribution in [1.29, 1.82) is 0 Å². The summed E-state index contributed by atoms with van der Waals surface area (Å²) in [6, 6.07) is 8.03. The van der Waals surface area contributed by atoms with Crippen LogP contribution in [0.1, 0.15) is 57.4 Å². The molecule has 0 aliphatic heterocycles. The monoisotopic (exact) mass is 428 g/mol. The molecule has 0 spiro atoms. The van der Waals surface area contributed by atoms with Crippen LogP contribution >= 0.6 is 15.9 Å². The first kappa shape index (κ1) is 19.5. The molecule has 1 aliphatic carbocycles. The molecule has 2 aromatic carbocycles. The smallest absolute Gasteiger partial charge is 0.420 e. The Bertz CT molecular complexity index is 749. The summed E-state index contributed by atoms with van der Waals surface area (Å²) in [4.78, 5) is 0. The van der Waals surface area contributed by atoms with Gasteiger partial charge in [-0.25, -0.2) is 0 Å². The van der Waals surface area contributed by atoms with E-state index in [9.17, 15) is 13.2 Å². The number of rotatable bonds is 5. The molecule has 1 nitrogen and oxygen atoms in total. The second-order valence-corrected chi connectivity index (χ2v) is 8.12. The van der Waals surface area contributed by atoms with Crippen LogP contribution in [0.4, 0.5) is 13.2 Å². The number of alkyl halides is 3. The number of benzene rings is 2. The van der Waals surface area contributed by atoms with E-state index in [2.05, 4.69) is 22.9 Å². The molecule has 0 N–H and O–H groups in total. The van der Waals surface area contributed by atoms with Gasteiger partial charge in [-0.3, -0.25) is 0 Å². The summed E-state index contributed by atoms with van der Waals surface area (Å²) in [5.74, 6) is 0.662. The predicted molar refractivity (Wildman–Crippen MR) is 103 cm³/mol. The number of hydrogen-bond acceptors (Lipinski definition) is 1. The molecule has 0 unspecified atom stereocenters. The third-order valence-electron chi connectivity index (χ3n) is 5.28. The highest BCUT2D eigenvalue weighted by molar-refractivity contribution is 9.10. The zero-order valence-corrected chi connectivity index (χ0v) is 16.5. The lowest BCUT2D eigenvalue weighted by molar-refractivity contribution is -0.138. The summed E-state index contributed by atoms with van der Waals surface area (Å²) in [5, 5.41) is 0.747. The maximum atomic E-state index is 13.7. The second kappa shape index (κ2) is 8.20. The van der Waals surface area contributed by atoms with Crippen LogP contribution in [0.2, 0.25) is 0 Å². The number of halogens is 4. The van der Waals surface area contributed by atoms with Gasteiger partial charge in [0.05, 0.1) is 6.10 Å². The molecule has 0 atom stereocenters. The third kappa shape index (κ3) is 4.54. The first-order valence-corrected chi connectivity index (χ1v) is 10.1. The minimum atomic E-state index is -4.44. The summed E-state index contributed by atoms with van der Waals surface area (Å²) in [7, 11) is 0. The molecule has 0 aromatic heterocycles. The van der Waals surface area contributed by atoms with Crippen LogP contribution in [0.5, 0.6) is 5.75 Å². The van der Waals surface area contributed by atoms with Crippen LogP contribution in [-0.4, -0.2) is 6.10 Å². The van der Waals surface area contributed by atoms with Crippen molar-refractivity contribution in [2.75, 3.05) is 0 Å². The fourth-order valence-electron chi connectivity index (χ4n) is 3.88. The lowest BCUT2D eigenvalue weighted by Gasteiger charge is -2.30. The van der Waals surface area contributed by atoms with Crippen molar-refractivity contribution in [2.45, 2.75) is 64.1 Å². The van der Waals surface area contributed by atoms with Crippen LogP contribution in [0.15, 0.2) is 34.8 Å². The van der Waals surface area contributed by atoms with Gasteiger partial charge in [-0.2, -0.15) is 13.2 Å². The Morgan fingerprint density at radius 3 is 2.46 bits per heavy atom. The minimum absolute atomic E-state index is 0.0377. The summed E-state index contributed by atoms with van der Waals surface area (Å²) in [6.45, 7) is 2.19. The quantitative estimate of drug-likeness (QED) is 0.472. The highest BCUT2D eigenvalue weighted by atomic mass is 79.9. The summed E-state index contributed by atoms with van der Waals surface area (Å²) in [6.07, 6.45) is 2.85. The van der Waals surface area contributed by atoms with Gasteiger partial charge in [-0.05, 0) is 60.6 Å². The lowest BCUT2D eigenvalue weighted by atomic mass is 9.84. The standard InChI is InChI=1S/C21H24BrF3O/c1-2-3-4-14-5-9-17(10-6-14)26-19-12-7-15-13-16(22)8-11-18(15)20(19)21(23,24)25/h7-8,11-14,17H,2-6,9-10H2,1H3. The minimum Gasteiger partial charge on any atom is -0.490 e. The van der Waals surface area contributed by atoms with E-state index >= 15 is 0 Å². The van der Waals surface area contributed by atoms with Crippen molar-refractivity contribution in [3.05, 3.63) is 40.4 Å². The molecule has 142 valence electrons. The molecular formula is C21H24BrF3O. The van der Waals surface area contributed by atoms with Crippen LogP contribution in [-0.2, 0) is 6.18 Å². The van der Waals surface area contributed by atoms with Gasteiger partial charge in [0.2, 0.25) is 0 Å². The zero-order chi connectivity index (χ0) is 18.7. The first-order valence-electron chi connectivity index (χ1n) is 9.34. The molecular weight excluding hydrogens is 405 g/mol. The molecule has 0 bridgehead atoms. The summed E-state index contributed by atoms with van der Waals surface area (Å²) >= 11 is 3.32. The number of fused-ring (bicyclic) bond motifs is 1. The number of unbranched alkanes of at least 4 members (excludes halogenated alkanes) is 1. The van der Waals surface area contributed by atoms with Gasteiger partial charge in [0, 0.05) is 4.47 Å². The largest absolute Gasteiger partial charge is 0.490 e. The molecule has 0 heterocycles. The van der Waals surface area contributed by atoms with Crippen LogP contribution in [0.3, 0.4) is 0 Å². The predicted octanol–water partition coefficient (Wildman–Crippen LogP) is 7.75. The topological polar surface area (TPSA) is 9.23 Å². The molecule has 3 rings (SSSR count). The summed E-state index contributed by atoms with van der Waals surface area (Å²) in [5.41, 5.74) is -0.657. The van der Waals surface area contributed by atoms with E-state index in [0.29, 0.717) is 11.3 Å². The fourth-order valence-corrected chi connectivity index (χ4v) is 4.26. The van der Waals surface area contributed by atoms with E-state index in [1.807, 2.05) is 0 Å². The maximum Gasteiger partial charge on any atom is 0.420 e. The molecule has 5 heteroatoms. The maximum absolute atomic E-state index is 13.7. The number of hydrogen-bond donors (Lipinski definition) is 0. The molecule has 0 amide bonds. The fraction of sp³-hybridized carbons (Fsp3) is 0.524. The molecule has 0 saturated heterocycles. The van der Waals surface area contributed by atoms with E-state index in [0.717, 1.165) is 30.2 Å². The molecule has 1 saturated carbocycles. The van der Waals surface area contributed by atoms with Gasteiger partial charge >= 0.3 is 6.18 Å². The molecule has 2 aromatic rings. The highest BCUT2D eigenvalue weighted by Gasteiger charge is 2.37. The van der Waals surface area contributed by atoms with Crippen molar-refractivity contribution in [3.63, 3.8) is 0 Å². The van der Waals surface area contributed by atoms with Crippen molar-refractivity contribution in [1.82, 2.24) is 0 Å². The average molecular weight is 429 g/mol. The Balaban J connectivity index is 1.81. The molecule has 1 fully saturated rings. The lowest BCUT2D eigenvalue weighted by Crippen LogP contribution is -2.25. The van der Waals surface area contributed by atoms with E-state index in [1.165, 1.54) is 31.4 Å². The Morgan fingerprint density at radius 1 is 1.08 bits per heavy atom. The first-order chi connectivity index (χ1) is 12.4. The summed E-state index contributed by atoms with van der Waals surface area (Å²) < 4.78 is 47.9. The van der Waals surface area contributed by atoms with Gasteiger partial charge in [0.15, 0.2) is 0 Å². The molecule has 0 radical (unpaired) electrons. The average Bonchev–Trinajstić information content (AvgIpc) is 2.60. The second-order valence-electron chi connectivity index (χ2n) is 7.20. The van der Waals surface area contributed by atoms with Crippen molar-refractivity contribution in [3.8, 4) is 5.75 Å². The van der Waals surface area contributed by atoms with Crippen LogP contribution < -0.4 is 4.74 Å². The Morgan fingerprint density at radius 2 is 1.81 bits per heavy atom. The van der Waals surface area contributed by atoms with Gasteiger partial charge in [-0.1, -0.05) is 54.2 Å². The van der Waals surface area contributed by atoms with Crippen molar-refractivity contribution < 1.29 is 17.9 Å². The highest BCUT2D eigenvalue weighted by Crippen LogP contribution is 2.43. The SMILES string of the molecule is CCCCC1CCC(Oc2ccc3cc(Br)ccc3c2C(F)(F)F)CC1. The third-order valence-corrected chi connectivity index (χ3v) is 5.77. The van der Waals surface area contributed by atoms with Crippen LogP contribution in [0, 0.1) is 5.92 Å². The molecule has 1 aliphatic rings. The van der Waals surface area contributed by atoms with Crippen molar-refractivity contribution >= 4 is 26.7 Å². The Hall–Kier alpha value is -1.23. The zero-order valence-electron chi connectivity index (χ0n) is 14.9. The van der Waals surface area contributed by atoms with E-state index in [4.69, 9.17) is 4.74 Å². The number of ether oxygens (including phenoxy) is 1. The van der Waals surface area contributed by atoms with Crippen LogP contribution in [0.25, 0.3) is 10.8 Å². The van der Waals surface area contributed by atoms with Gasteiger partial charge in [0.25, 0.3) is 0 Å². The van der Waals surface area contributed by atoms with Crippen molar-refractivity contribution in [2.24, 2.45) is 5.92 Å². The Kier molecular flexibility index (Phi) is 6.16. The van der Waals surface area contributed by atoms with Gasteiger partial charge < -0.3 is 4.74 Å². The van der Waals surface area contributed by atoms with Gasteiger partial charge in [0.1, 0.15) is 11.3 Å².